The summed E-state index contributed by atoms with van der Waals surface area (Å²) in [5.41, 5.74) is 0.981. The van der Waals surface area contributed by atoms with Crippen LogP contribution in [-0.4, -0.2) is 6.04 Å². The first-order valence-corrected chi connectivity index (χ1v) is 4.28. The van der Waals surface area contributed by atoms with E-state index in [1.54, 1.807) is 5.01 Å². The first-order valence-electron chi connectivity index (χ1n) is 3.91. The lowest BCUT2D eigenvalue weighted by Gasteiger charge is -2.22. The van der Waals surface area contributed by atoms with E-state index in [9.17, 15) is 0 Å². The lowest BCUT2D eigenvalue weighted by Crippen LogP contribution is -2.37. The molecule has 13 heavy (non-hydrogen) atoms. The van der Waals surface area contributed by atoms with Gasteiger partial charge in [0, 0.05) is 11.1 Å². The van der Waals surface area contributed by atoms with Gasteiger partial charge in [-0.1, -0.05) is 11.6 Å². The van der Waals surface area contributed by atoms with Crippen molar-refractivity contribution in [3.8, 4) is 0 Å². The third-order valence-electron chi connectivity index (χ3n) is 1.68. The molecule has 0 aliphatic heterocycles. The van der Waals surface area contributed by atoms with Crippen LogP contribution < -0.4 is 10.9 Å². The highest BCUT2D eigenvalue weighted by Crippen LogP contribution is 2.16. The predicted octanol–water partition coefficient (Wildman–Crippen LogP) is 2.85. The molecule has 0 aromatic heterocycles. The Morgan fingerprint density at radius 2 is 1.69 bits per heavy atom. The number of anilines is 1. The van der Waals surface area contributed by atoms with E-state index in [2.05, 4.69) is 0 Å². The fourth-order valence-corrected chi connectivity index (χ4v) is 1.04. The molecule has 0 saturated heterocycles. The molecule has 0 radical (unpaired) electrons. The molecule has 1 rings (SSSR count). The maximum Gasteiger partial charge on any atom is 0.0521 e. The molecule has 1 aromatic rings. The standard InChI is InChI=1S/C9H13ClN2.ClH/c1-7(2)12(11)9-5-3-8(10)4-6-9;/h3-7H,11H2,1-2H3;1H. The zero-order chi connectivity index (χ0) is 9.14. The van der Waals surface area contributed by atoms with Crippen molar-refractivity contribution in [1.82, 2.24) is 0 Å². The van der Waals surface area contributed by atoms with Gasteiger partial charge in [0.15, 0.2) is 0 Å². The quantitative estimate of drug-likeness (QED) is 0.614. The van der Waals surface area contributed by atoms with Gasteiger partial charge in [-0.2, -0.15) is 0 Å². The van der Waals surface area contributed by atoms with Crippen molar-refractivity contribution >= 4 is 29.7 Å². The van der Waals surface area contributed by atoms with Gasteiger partial charge in [-0.3, -0.25) is 0 Å². The summed E-state index contributed by atoms with van der Waals surface area (Å²) in [4.78, 5) is 0. The van der Waals surface area contributed by atoms with Gasteiger partial charge >= 0.3 is 0 Å². The van der Waals surface area contributed by atoms with Gasteiger partial charge in [0.1, 0.15) is 0 Å². The van der Waals surface area contributed by atoms with E-state index in [4.69, 9.17) is 17.4 Å². The number of halogens is 2. The van der Waals surface area contributed by atoms with Gasteiger partial charge in [0.05, 0.1) is 5.69 Å². The summed E-state index contributed by atoms with van der Waals surface area (Å²) in [5, 5.41) is 2.44. The second-order valence-corrected chi connectivity index (χ2v) is 3.41. The van der Waals surface area contributed by atoms with Crippen molar-refractivity contribution in [1.29, 1.82) is 0 Å². The Balaban J connectivity index is 0.00000144. The summed E-state index contributed by atoms with van der Waals surface area (Å²) < 4.78 is 0. The van der Waals surface area contributed by atoms with Crippen LogP contribution >= 0.6 is 24.0 Å². The largest absolute Gasteiger partial charge is 0.309 e. The zero-order valence-electron chi connectivity index (χ0n) is 7.70. The van der Waals surface area contributed by atoms with Gasteiger partial charge in [0.2, 0.25) is 0 Å². The van der Waals surface area contributed by atoms with Gasteiger partial charge in [0.25, 0.3) is 0 Å². The minimum Gasteiger partial charge on any atom is -0.309 e. The van der Waals surface area contributed by atoms with Crippen molar-refractivity contribution < 1.29 is 0 Å². The van der Waals surface area contributed by atoms with Crippen LogP contribution in [0.25, 0.3) is 0 Å². The molecule has 74 valence electrons. The molecule has 2 nitrogen and oxygen atoms in total. The Hall–Kier alpha value is -0.440. The molecular formula is C9H14Cl2N2. The maximum atomic E-state index is 5.78. The smallest absolute Gasteiger partial charge is 0.0521 e. The van der Waals surface area contributed by atoms with Gasteiger partial charge in [-0.25, -0.2) is 5.84 Å². The number of hydrogen-bond acceptors (Lipinski definition) is 2. The average molecular weight is 221 g/mol. The molecule has 0 unspecified atom stereocenters. The Morgan fingerprint density at radius 1 is 1.23 bits per heavy atom. The van der Waals surface area contributed by atoms with E-state index < -0.39 is 0 Å². The molecular weight excluding hydrogens is 207 g/mol. The van der Waals surface area contributed by atoms with E-state index in [1.165, 1.54) is 0 Å². The van der Waals surface area contributed by atoms with Crippen molar-refractivity contribution in [2.75, 3.05) is 5.01 Å². The molecule has 1 aromatic carbocycles. The molecule has 0 aliphatic rings. The lowest BCUT2D eigenvalue weighted by atomic mass is 10.3. The highest BCUT2D eigenvalue weighted by atomic mass is 35.5. The molecule has 2 N–H and O–H groups in total. The average Bonchev–Trinajstić information content (AvgIpc) is 2.04. The highest BCUT2D eigenvalue weighted by molar-refractivity contribution is 6.30. The molecule has 0 heterocycles. The van der Waals surface area contributed by atoms with Crippen molar-refractivity contribution in [2.24, 2.45) is 5.84 Å². The number of hydrazine groups is 1. The third kappa shape index (κ3) is 3.43. The third-order valence-corrected chi connectivity index (χ3v) is 1.93. The topological polar surface area (TPSA) is 29.3 Å². The molecule has 0 aliphatic carbocycles. The Labute approximate surface area is 90.1 Å². The number of hydrogen-bond donors (Lipinski definition) is 1. The van der Waals surface area contributed by atoms with Crippen LogP contribution in [0.2, 0.25) is 5.02 Å². The molecule has 0 amide bonds. The monoisotopic (exact) mass is 220 g/mol. The van der Waals surface area contributed by atoms with E-state index in [0.29, 0.717) is 6.04 Å². The fourth-order valence-electron chi connectivity index (χ4n) is 0.911. The van der Waals surface area contributed by atoms with Crippen LogP contribution in [-0.2, 0) is 0 Å². The Kier molecular flexibility index (Phi) is 5.14. The van der Waals surface area contributed by atoms with Gasteiger partial charge < -0.3 is 5.01 Å². The van der Waals surface area contributed by atoms with Gasteiger partial charge in [-0.05, 0) is 38.1 Å². The molecule has 0 bridgehead atoms. The summed E-state index contributed by atoms with van der Waals surface area (Å²) in [6, 6.07) is 7.77. The number of nitrogens with two attached hydrogens (primary N) is 1. The van der Waals surface area contributed by atoms with Crippen LogP contribution in [0, 0.1) is 0 Å². The first kappa shape index (κ1) is 12.6. The summed E-state index contributed by atoms with van der Waals surface area (Å²) in [6.07, 6.45) is 0. The lowest BCUT2D eigenvalue weighted by molar-refractivity contribution is 0.711. The minimum absolute atomic E-state index is 0. The summed E-state index contributed by atoms with van der Waals surface area (Å²) >= 11 is 5.74. The zero-order valence-corrected chi connectivity index (χ0v) is 9.27. The number of rotatable bonds is 2. The van der Waals surface area contributed by atoms with Crippen LogP contribution in [0.15, 0.2) is 24.3 Å². The molecule has 0 spiro atoms. The molecule has 0 atom stereocenters. The van der Waals surface area contributed by atoms with Crippen LogP contribution in [0.4, 0.5) is 5.69 Å². The SMILES string of the molecule is CC(C)N(N)c1ccc(Cl)cc1.Cl. The summed E-state index contributed by atoms with van der Waals surface area (Å²) in [7, 11) is 0. The summed E-state index contributed by atoms with van der Waals surface area (Å²) in [5.74, 6) is 5.78. The van der Waals surface area contributed by atoms with E-state index in [1.807, 2.05) is 38.1 Å². The highest BCUT2D eigenvalue weighted by Gasteiger charge is 2.03. The van der Waals surface area contributed by atoms with Crippen LogP contribution in [0.5, 0.6) is 0 Å². The Morgan fingerprint density at radius 3 is 2.08 bits per heavy atom. The normalized spacial score (nSPS) is 9.62. The first-order chi connectivity index (χ1) is 5.61. The fraction of sp³-hybridized carbons (Fsp3) is 0.333. The molecule has 0 saturated carbocycles. The van der Waals surface area contributed by atoms with Gasteiger partial charge in [-0.15, -0.1) is 12.4 Å². The van der Waals surface area contributed by atoms with E-state index in [0.717, 1.165) is 10.7 Å². The van der Waals surface area contributed by atoms with E-state index in [-0.39, 0.29) is 12.4 Å². The summed E-state index contributed by atoms with van der Waals surface area (Å²) in [6.45, 7) is 4.07. The maximum absolute atomic E-state index is 5.78. The number of nitrogens with zero attached hydrogens (tertiary/aromatic N) is 1. The van der Waals surface area contributed by atoms with Crippen LogP contribution in [0.1, 0.15) is 13.8 Å². The molecule has 0 fully saturated rings. The Bertz CT molecular complexity index is 246. The minimum atomic E-state index is 0. The predicted molar refractivity (Wildman–Crippen MR) is 60.5 cm³/mol. The van der Waals surface area contributed by atoms with E-state index >= 15 is 0 Å². The van der Waals surface area contributed by atoms with Crippen molar-refractivity contribution in [3.05, 3.63) is 29.3 Å². The van der Waals surface area contributed by atoms with Crippen molar-refractivity contribution in [2.45, 2.75) is 19.9 Å². The second-order valence-electron chi connectivity index (χ2n) is 2.98. The molecule has 4 heteroatoms. The van der Waals surface area contributed by atoms with Crippen molar-refractivity contribution in [3.63, 3.8) is 0 Å². The number of benzene rings is 1. The second kappa shape index (κ2) is 5.32. The van der Waals surface area contributed by atoms with Crippen LogP contribution in [0.3, 0.4) is 0 Å².